The quantitative estimate of drug-likeness (QED) is 0.786. The summed E-state index contributed by atoms with van der Waals surface area (Å²) in [5.41, 5.74) is 2.18. The number of hydrogen-bond donors (Lipinski definition) is 1. The van der Waals surface area contributed by atoms with Gasteiger partial charge in [-0.05, 0) is 48.0 Å². The largest absolute Gasteiger partial charge is 0.481 e. The summed E-state index contributed by atoms with van der Waals surface area (Å²) in [7, 11) is 0. The van der Waals surface area contributed by atoms with Gasteiger partial charge in [-0.15, -0.1) is 0 Å². The predicted molar refractivity (Wildman–Crippen MR) is 72.9 cm³/mol. The van der Waals surface area contributed by atoms with Crippen molar-refractivity contribution in [2.75, 3.05) is 0 Å². The maximum Gasteiger partial charge on any atom is 0.307 e. The number of benzene rings is 2. The van der Waals surface area contributed by atoms with Gasteiger partial charge in [0, 0.05) is 10.9 Å². The van der Waals surface area contributed by atoms with Crippen LogP contribution in [0.4, 0.5) is 4.39 Å². The molecule has 0 atom stereocenters. The molecule has 0 fully saturated rings. The first-order valence-electron chi connectivity index (χ1n) is 6.12. The predicted octanol–water partition coefficient (Wildman–Crippen LogP) is 3.87. The number of rotatable bonds is 3. The Kier molecular flexibility index (Phi) is 2.99. The molecule has 1 aromatic heterocycles. The second kappa shape index (κ2) is 4.81. The summed E-state index contributed by atoms with van der Waals surface area (Å²) in [5.74, 6) is -0.535. The Morgan fingerprint density at radius 2 is 1.85 bits per heavy atom. The molecule has 0 aliphatic rings. The molecule has 0 unspecified atom stereocenters. The first-order chi connectivity index (χ1) is 9.61. The number of halogens is 1. The molecule has 0 spiro atoms. The number of hydrogen-bond acceptors (Lipinski definition) is 2. The van der Waals surface area contributed by atoms with Crippen LogP contribution in [0.5, 0.6) is 0 Å². The lowest BCUT2D eigenvalue weighted by Crippen LogP contribution is -1.99. The lowest BCUT2D eigenvalue weighted by Gasteiger charge is -1.96. The smallest absolute Gasteiger partial charge is 0.307 e. The SMILES string of the molecule is O=C(O)Cc1ccc2oc(-c3ccc(F)cc3)cc2c1. The highest BCUT2D eigenvalue weighted by atomic mass is 19.1. The van der Waals surface area contributed by atoms with Gasteiger partial charge in [-0.1, -0.05) is 6.07 Å². The normalized spacial score (nSPS) is 10.8. The van der Waals surface area contributed by atoms with Crippen molar-refractivity contribution in [1.82, 2.24) is 0 Å². The van der Waals surface area contributed by atoms with Gasteiger partial charge in [0.05, 0.1) is 6.42 Å². The topological polar surface area (TPSA) is 50.4 Å². The van der Waals surface area contributed by atoms with Gasteiger partial charge in [0.25, 0.3) is 0 Å². The fourth-order valence-corrected chi connectivity index (χ4v) is 2.13. The Morgan fingerprint density at radius 1 is 1.10 bits per heavy atom. The molecular weight excluding hydrogens is 259 g/mol. The van der Waals surface area contributed by atoms with Crippen molar-refractivity contribution in [3.8, 4) is 11.3 Å². The van der Waals surface area contributed by atoms with Gasteiger partial charge in [-0.3, -0.25) is 4.79 Å². The molecule has 0 radical (unpaired) electrons. The molecule has 3 aromatic rings. The maximum atomic E-state index is 12.9. The standard InChI is InChI=1S/C16H11FO3/c17-13-4-2-11(3-5-13)15-9-12-7-10(8-16(18)19)1-6-14(12)20-15/h1-7,9H,8H2,(H,18,19). The molecule has 20 heavy (non-hydrogen) atoms. The number of aliphatic carboxylic acids is 1. The monoisotopic (exact) mass is 270 g/mol. The van der Waals surface area contributed by atoms with Crippen LogP contribution in [0.15, 0.2) is 52.9 Å². The molecule has 0 aliphatic carbocycles. The molecule has 0 saturated carbocycles. The van der Waals surface area contributed by atoms with Crippen LogP contribution in [0.25, 0.3) is 22.3 Å². The molecule has 0 saturated heterocycles. The van der Waals surface area contributed by atoms with Crippen molar-refractivity contribution in [2.24, 2.45) is 0 Å². The van der Waals surface area contributed by atoms with Crippen molar-refractivity contribution in [3.05, 3.63) is 59.9 Å². The summed E-state index contributed by atoms with van der Waals surface area (Å²) in [6, 6.07) is 13.1. The molecule has 0 bridgehead atoms. The number of carboxylic acids is 1. The van der Waals surface area contributed by atoms with Crippen LogP contribution < -0.4 is 0 Å². The average molecular weight is 270 g/mol. The molecule has 3 rings (SSSR count). The summed E-state index contributed by atoms with van der Waals surface area (Å²) in [5, 5.41) is 9.63. The third kappa shape index (κ3) is 2.40. The van der Waals surface area contributed by atoms with E-state index in [2.05, 4.69) is 0 Å². The molecule has 1 N–H and O–H groups in total. The van der Waals surface area contributed by atoms with Crippen LogP contribution in [-0.4, -0.2) is 11.1 Å². The van der Waals surface area contributed by atoms with Gasteiger partial charge in [-0.2, -0.15) is 0 Å². The van der Waals surface area contributed by atoms with Crippen molar-refractivity contribution < 1.29 is 18.7 Å². The van der Waals surface area contributed by atoms with E-state index < -0.39 is 5.97 Å². The minimum atomic E-state index is -0.869. The fraction of sp³-hybridized carbons (Fsp3) is 0.0625. The van der Waals surface area contributed by atoms with Crippen LogP contribution in [0.1, 0.15) is 5.56 Å². The summed E-state index contributed by atoms with van der Waals surface area (Å²) in [4.78, 5) is 10.7. The van der Waals surface area contributed by atoms with Gasteiger partial charge in [0.2, 0.25) is 0 Å². The van der Waals surface area contributed by atoms with Crippen LogP contribution in [0.2, 0.25) is 0 Å². The first-order valence-corrected chi connectivity index (χ1v) is 6.12. The zero-order chi connectivity index (χ0) is 14.1. The van der Waals surface area contributed by atoms with E-state index >= 15 is 0 Å². The van der Waals surface area contributed by atoms with Gasteiger partial charge < -0.3 is 9.52 Å². The Labute approximate surface area is 114 Å². The van der Waals surface area contributed by atoms with Crippen LogP contribution >= 0.6 is 0 Å². The van der Waals surface area contributed by atoms with E-state index in [1.807, 2.05) is 6.07 Å². The van der Waals surface area contributed by atoms with Crippen molar-refractivity contribution >= 4 is 16.9 Å². The molecular formula is C16H11FO3. The second-order valence-corrected chi connectivity index (χ2v) is 4.56. The van der Waals surface area contributed by atoms with E-state index in [4.69, 9.17) is 9.52 Å². The molecule has 0 amide bonds. The van der Waals surface area contributed by atoms with E-state index in [-0.39, 0.29) is 12.2 Å². The molecule has 2 aromatic carbocycles. The number of furan rings is 1. The highest BCUT2D eigenvalue weighted by Gasteiger charge is 2.08. The van der Waals surface area contributed by atoms with Crippen LogP contribution in [-0.2, 0) is 11.2 Å². The average Bonchev–Trinajstić information content (AvgIpc) is 2.81. The van der Waals surface area contributed by atoms with Gasteiger partial charge >= 0.3 is 5.97 Å². The van der Waals surface area contributed by atoms with Gasteiger partial charge in [-0.25, -0.2) is 4.39 Å². The van der Waals surface area contributed by atoms with Crippen molar-refractivity contribution in [3.63, 3.8) is 0 Å². The molecule has 3 nitrogen and oxygen atoms in total. The highest BCUT2D eigenvalue weighted by Crippen LogP contribution is 2.28. The first kappa shape index (κ1) is 12.4. The Balaban J connectivity index is 2.01. The summed E-state index contributed by atoms with van der Waals surface area (Å²) in [6.07, 6.45) is -0.0208. The summed E-state index contributed by atoms with van der Waals surface area (Å²) >= 11 is 0. The number of carboxylic acid groups (broad SMARTS) is 1. The van der Waals surface area contributed by atoms with Crippen molar-refractivity contribution in [2.45, 2.75) is 6.42 Å². The minimum Gasteiger partial charge on any atom is -0.481 e. The molecule has 0 aliphatic heterocycles. The van der Waals surface area contributed by atoms with E-state index in [1.54, 1.807) is 30.3 Å². The van der Waals surface area contributed by atoms with E-state index in [0.29, 0.717) is 11.3 Å². The third-order valence-corrected chi connectivity index (χ3v) is 3.06. The molecule has 100 valence electrons. The van der Waals surface area contributed by atoms with E-state index in [0.717, 1.165) is 16.5 Å². The van der Waals surface area contributed by atoms with Crippen LogP contribution in [0.3, 0.4) is 0 Å². The zero-order valence-electron chi connectivity index (χ0n) is 10.5. The maximum absolute atomic E-state index is 12.9. The lowest BCUT2D eigenvalue weighted by molar-refractivity contribution is -0.136. The van der Waals surface area contributed by atoms with E-state index in [1.165, 1.54) is 12.1 Å². The number of carbonyl (C=O) groups is 1. The molecule has 1 heterocycles. The second-order valence-electron chi connectivity index (χ2n) is 4.56. The third-order valence-electron chi connectivity index (χ3n) is 3.06. The number of fused-ring (bicyclic) bond motifs is 1. The van der Waals surface area contributed by atoms with Crippen LogP contribution in [0, 0.1) is 5.82 Å². The fourth-order valence-electron chi connectivity index (χ4n) is 2.13. The Morgan fingerprint density at radius 3 is 2.55 bits per heavy atom. The van der Waals surface area contributed by atoms with E-state index in [9.17, 15) is 9.18 Å². The Bertz CT molecular complexity index is 772. The highest BCUT2D eigenvalue weighted by molar-refractivity contribution is 5.84. The minimum absolute atomic E-state index is 0.0208. The Hall–Kier alpha value is -2.62. The lowest BCUT2D eigenvalue weighted by atomic mass is 10.1. The summed E-state index contributed by atoms with van der Waals surface area (Å²) in [6.45, 7) is 0. The van der Waals surface area contributed by atoms with Gasteiger partial charge in [0.1, 0.15) is 17.2 Å². The van der Waals surface area contributed by atoms with Gasteiger partial charge in [0.15, 0.2) is 0 Å². The molecule has 4 heteroatoms. The van der Waals surface area contributed by atoms with Crippen molar-refractivity contribution in [1.29, 1.82) is 0 Å². The summed E-state index contributed by atoms with van der Waals surface area (Å²) < 4.78 is 18.6. The zero-order valence-corrected chi connectivity index (χ0v) is 10.5.